The Bertz CT molecular complexity index is 1000. The van der Waals surface area contributed by atoms with Crippen LogP contribution in [0.4, 0.5) is 0 Å². The molecule has 0 aliphatic rings. The van der Waals surface area contributed by atoms with E-state index in [0.29, 0.717) is 17.9 Å². The predicted octanol–water partition coefficient (Wildman–Crippen LogP) is 5.13. The van der Waals surface area contributed by atoms with Crippen molar-refractivity contribution in [1.29, 1.82) is 0 Å². The van der Waals surface area contributed by atoms with Gasteiger partial charge in [-0.25, -0.2) is 0 Å². The molecule has 0 spiro atoms. The summed E-state index contributed by atoms with van der Waals surface area (Å²) in [5, 5.41) is 0. The van der Waals surface area contributed by atoms with Crippen molar-refractivity contribution in [2.45, 2.75) is 46.2 Å². The highest BCUT2D eigenvalue weighted by atomic mass is 32.1. The van der Waals surface area contributed by atoms with E-state index >= 15 is 0 Å². The van der Waals surface area contributed by atoms with Crippen molar-refractivity contribution in [3.63, 3.8) is 0 Å². The molecule has 0 amide bonds. The van der Waals surface area contributed by atoms with Gasteiger partial charge < -0.3 is 4.57 Å². The standard InChI is InChI=1S/C23H26N2OS/c1-3-4-15-21-18(2)22(26)25(17-20-13-9-6-10-14-20)23(27)24(21)16-19-11-7-5-8-12-19/h5-14H,3-4,15-17H2,1-2H3. The van der Waals surface area contributed by atoms with Gasteiger partial charge in [0.15, 0.2) is 4.77 Å². The highest BCUT2D eigenvalue weighted by molar-refractivity contribution is 7.71. The van der Waals surface area contributed by atoms with Crippen LogP contribution in [-0.2, 0) is 19.5 Å². The third kappa shape index (κ3) is 4.45. The summed E-state index contributed by atoms with van der Waals surface area (Å²) in [5.74, 6) is 0. The highest BCUT2D eigenvalue weighted by Crippen LogP contribution is 2.14. The zero-order valence-electron chi connectivity index (χ0n) is 16.0. The summed E-state index contributed by atoms with van der Waals surface area (Å²) in [7, 11) is 0. The Kier molecular flexibility index (Phi) is 6.40. The van der Waals surface area contributed by atoms with Gasteiger partial charge in [0, 0.05) is 11.3 Å². The summed E-state index contributed by atoms with van der Waals surface area (Å²) in [6, 6.07) is 20.3. The van der Waals surface area contributed by atoms with Crippen molar-refractivity contribution in [2.24, 2.45) is 0 Å². The van der Waals surface area contributed by atoms with Gasteiger partial charge in [-0.1, -0.05) is 74.0 Å². The molecule has 0 saturated carbocycles. The molecule has 2 aromatic carbocycles. The SMILES string of the molecule is CCCCc1c(C)c(=O)n(Cc2ccccc2)c(=S)n1Cc1ccccc1. The van der Waals surface area contributed by atoms with E-state index < -0.39 is 0 Å². The first-order valence-electron chi connectivity index (χ1n) is 9.52. The van der Waals surface area contributed by atoms with Crippen LogP contribution in [0.3, 0.4) is 0 Å². The summed E-state index contributed by atoms with van der Waals surface area (Å²) >= 11 is 5.80. The van der Waals surface area contributed by atoms with Crippen LogP contribution in [-0.4, -0.2) is 9.13 Å². The highest BCUT2D eigenvalue weighted by Gasteiger charge is 2.14. The van der Waals surface area contributed by atoms with E-state index in [-0.39, 0.29) is 5.56 Å². The lowest BCUT2D eigenvalue weighted by Gasteiger charge is -2.20. The maximum absolute atomic E-state index is 13.1. The Morgan fingerprint density at radius 1 is 0.852 bits per heavy atom. The van der Waals surface area contributed by atoms with Crippen LogP contribution in [0.5, 0.6) is 0 Å². The lowest BCUT2D eigenvalue weighted by molar-refractivity contribution is 0.590. The topological polar surface area (TPSA) is 26.9 Å². The fraction of sp³-hybridized carbons (Fsp3) is 0.304. The molecule has 27 heavy (non-hydrogen) atoms. The molecule has 0 bridgehead atoms. The van der Waals surface area contributed by atoms with Gasteiger partial charge >= 0.3 is 0 Å². The molecule has 0 radical (unpaired) electrons. The summed E-state index contributed by atoms with van der Waals surface area (Å²) in [6.07, 6.45) is 3.01. The van der Waals surface area contributed by atoms with Gasteiger partial charge in [0.2, 0.25) is 0 Å². The average Bonchev–Trinajstić information content (AvgIpc) is 2.71. The normalized spacial score (nSPS) is 10.9. The van der Waals surface area contributed by atoms with E-state index in [1.54, 1.807) is 4.57 Å². The first kappa shape index (κ1) is 19.3. The third-order valence-corrected chi connectivity index (χ3v) is 5.36. The zero-order valence-corrected chi connectivity index (χ0v) is 16.8. The van der Waals surface area contributed by atoms with Crippen molar-refractivity contribution < 1.29 is 0 Å². The molecule has 0 aliphatic carbocycles. The van der Waals surface area contributed by atoms with Gasteiger partial charge in [-0.15, -0.1) is 0 Å². The van der Waals surface area contributed by atoms with Crippen LogP contribution in [0.15, 0.2) is 65.5 Å². The van der Waals surface area contributed by atoms with Crippen molar-refractivity contribution in [3.05, 3.63) is 98.2 Å². The van der Waals surface area contributed by atoms with Gasteiger partial charge in [-0.3, -0.25) is 9.36 Å². The van der Waals surface area contributed by atoms with E-state index in [4.69, 9.17) is 12.2 Å². The summed E-state index contributed by atoms with van der Waals surface area (Å²) < 4.78 is 4.49. The minimum atomic E-state index is 0.0271. The molecule has 3 aromatic rings. The molecular formula is C23H26N2OS. The Hall–Kier alpha value is -2.46. The lowest BCUT2D eigenvalue weighted by Crippen LogP contribution is -2.30. The van der Waals surface area contributed by atoms with Crippen molar-refractivity contribution >= 4 is 12.2 Å². The Balaban J connectivity index is 2.12. The maximum Gasteiger partial charge on any atom is 0.257 e. The Morgan fingerprint density at radius 3 is 1.89 bits per heavy atom. The van der Waals surface area contributed by atoms with Crippen LogP contribution in [0.25, 0.3) is 0 Å². The van der Waals surface area contributed by atoms with Crippen LogP contribution < -0.4 is 5.56 Å². The molecule has 3 nitrogen and oxygen atoms in total. The second kappa shape index (κ2) is 8.96. The monoisotopic (exact) mass is 378 g/mol. The van der Waals surface area contributed by atoms with Gasteiger partial charge in [0.05, 0.1) is 13.1 Å². The van der Waals surface area contributed by atoms with Crippen LogP contribution in [0.1, 0.15) is 42.1 Å². The number of hydrogen-bond donors (Lipinski definition) is 0. The summed E-state index contributed by atoms with van der Waals surface area (Å²) in [5.41, 5.74) is 4.18. The average molecular weight is 379 g/mol. The molecule has 0 atom stereocenters. The second-order valence-electron chi connectivity index (χ2n) is 6.91. The molecule has 4 heteroatoms. The molecule has 3 rings (SSSR count). The van der Waals surface area contributed by atoms with Crippen molar-refractivity contribution in [3.8, 4) is 0 Å². The van der Waals surface area contributed by atoms with E-state index in [0.717, 1.165) is 36.1 Å². The van der Waals surface area contributed by atoms with Gasteiger partial charge in [0.1, 0.15) is 0 Å². The summed E-state index contributed by atoms with van der Waals surface area (Å²) in [6.45, 7) is 5.30. The fourth-order valence-electron chi connectivity index (χ4n) is 3.38. The predicted molar refractivity (Wildman–Crippen MR) is 114 cm³/mol. The zero-order chi connectivity index (χ0) is 19.2. The fourth-order valence-corrected chi connectivity index (χ4v) is 3.70. The molecule has 140 valence electrons. The lowest BCUT2D eigenvalue weighted by atomic mass is 10.1. The van der Waals surface area contributed by atoms with E-state index in [1.807, 2.05) is 55.5 Å². The number of aromatic nitrogens is 2. The smallest absolute Gasteiger partial charge is 0.257 e. The van der Waals surface area contributed by atoms with Crippen LogP contribution in [0.2, 0.25) is 0 Å². The molecule has 0 saturated heterocycles. The molecule has 1 heterocycles. The molecule has 0 N–H and O–H groups in total. The second-order valence-corrected chi connectivity index (χ2v) is 7.27. The van der Waals surface area contributed by atoms with Crippen molar-refractivity contribution in [1.82, 2.24) is 9.13 Å². The van der Waals surface area contributed by atoms with Crippen LogP contribution >= 0.6 is 12.2 Å². The number of benzene rings is 2. The van der Waals surface area contributed by atoms with E-state index in [1.165, 1.54) is 5.56 Å². The molecule has 0 aliphatic heterocycles. The van der Waals surface area contributed by atoms with Crippen molar-refractivity contribution in [2.75, 3.05) is 0 Å². The van der Waals surface area contributed by atoms with Gasteiger partial charge in [-0.2, -0.15) is 0 Å². The first-order valence-corrected chi connectivity index (χ1v) is 9.93. The number of hydrogen-bond acceptors (Lipinski definition) is 2. The minimum absolute atomic E-state index is 0.0271. The van der Waals surface area contributed by atoms with Gasteiger partial charge in [-0.05, 0) is 43.1 Å². The molecular weight excluding hydrogens is 352 g/mol. The largest absolute Gasteiger partial charge is 0.317 e. The number of rotatable bonds is 7. The molecule has 0 fully saturated rings. The van der Waals surface area contributed by atoms with E-state index in [2.05, 4.69) is 23.6 Å². The number of nitrogens with zero attached hydrogens (tertiary/aromatic N) is 2. The van der Waals surface area contributed by atoms with Gasteiger partial charge in [0.25, 0.3) is 5.56 Å². The third-order valence-electron chi connectivity index (χ3n) is 4.92. The molecule has 1 aromatic heterocycles. The maximum atomic E-state index is 13.1. The Labute approximate surface area is 165 Å². The summed E-state index contributed by atoms with van der Waals surface area (Å²) in [4.78, 5) is 13.1. The van der Waals surface area contributed by atoms with Crippen LogP contribution in [0, 0.1) is 11.7 Å². The quantitative estimate of drug-likeness (QED) is 0.533. The van der Waals surface area contributed by atoms with E-state index in [9.17, 15) is 4.79 Å². The first-order chi connectivity index (χ1) is 13.1. The Morgan fingerprint density at radius 2 is 1.37 bits per heavy atom. The number of unbranched alkanes of at least 4 members (excludes halogenated alkanes) is 1. The molecule has 0 unspecified atom stereocenters. The minimum Gasteiger partial charge on any atom is -0.317 e.